The number of hydrogen-bond donors (Lipinski definition) is 0. The fraction of sp³-hybridized carbons (Fsp3) is 0.435. The molecule has 0 saturated carbocycles. The van der Waals surface area contributed by atoms with Crippen LogP contribution in [0.4, 0.5) is 0 Å². The lowest BCUT2D eigenvalue weighted by atomic mass is 10.1. The Kier molecular flexibility index (Phi) is 5.61. The van der Waals surface area contributed by atoms with E-state index in [4.69, 9.17) is 9.47 Å². The quantitative estimate of drug-likeness (QED) is 0.685. The summed E-state index contributed by atoms with van der Waals surface area (Å²) >= 11 is 0. The molecule has 1 atom stereocenters. The number of rotatable bonds is 6. The van der Waals surface area contributed by atoms with Gasteiger partial charge in [0.15, 0.2) is 11.5 Å². The summed E-state index contributed by atoms with van der Waals surface area (Å²) in [6, 6.07) is 8.32. The number of ether oxygens (including phenoxy) is 2. The summed E-state index contributed by atoms with van der Waals surface area (Å²) in [6.45, 7) is 3.11. The smallest absolute Gasteiger partial charge is 0.293 e. The predicted octanol–water partition coefficient (Wildman–Crippen LogP) is 2.75. The number of Topliss-reactive ketones (excluding diaryl/α,β-unsaturated/α-hetero) is 1. The average molecular weight is 410 g/mol. The van der Waals surface area contributed by atoms with E-state index in [1.807, 2.05) is 29.2 Å². The molecule has 0 N–H and O–H groups in total. The molecule has 1 aromatic heterocycles. The van der Waals surface area contributed by atoms with Crippen LogP contribution < -0.4 is 15.0 Å². The van der Waals surface area contributed by atoms with Crippen molar-refractivity contribution in [3.63, 3.8) is 0 Å². The second-order valence-electron chi connectivity index (χ2n) is 7.82. The maximum absolute atomic E-state index is 13.2. The number of ketones is 1. The summed E-state index contributed by atoms with van der Waals surface area (Å²) < 4.78 is 12.5. The van der Waals surface area contributed by atoms with Gasteiger partial charge in [-0.25, -0.2) is 0 Å². The first-order valence-corrected chi connectivity index (χ1v) is 10.3. The highest BCUT2D eigenvalue weighted by Gasteiger charge is 2.36. The predicted molar refractivity (Wildman–Crippen MR) is 111 cm³/mol. The maximum atomic E-state index is 13.2. The van der Waals surface area contributed by atoms with Crippen molar-refractivity contribution in [3.05, 3.63) is 57.5 Å². The number of methoxy groups -OCH3 is 1. The van der Waals surface area contributed by atoms with E-state index in [2.05, 4.69) is 0 Å². The summed E-state index contributed by atoms with van der Waals surface area (Å²) in [4.78, 5) is 40.3. The number of hydrogen-bond acceptors (Lipinski definition) is 5. The van der Waals surface area contributed by atoms with Crippen molar-refractivity contribution in [2.75, 3.05) is 20.2 Å². The number of carbonyl (C=O) groups is 2. The van der Waals surface area contributed by atoms with Crippen LogP contribution in [-0.4, -0.2) is 41.4 Å². The molecule has 1 amide bonds. The Labute approximate surface area is 175 Å². The molecule has 2 aliphatic heterocycles. The van der Waals surface area contributed by atoms with Gasteiger partial charge in [-0.05, 0) is 56.4 Å². The first-order valence-electron chi connectivity index (χ1n) is 10.3. The molecule has 2 aromatic rings. The first kappa shape index (κ1) is 20.2. The molecule has 3 heterocycles. The standard InChI is InChI=1S/C23H26N2O5/c1-15(26)18-13-21(30-14-16-5-7-17(29-2)8-6-16)23(28)25-19(18)9-10-20(25)22(27)24-11-3-4-12-24/h5-8,13,20H,3-4,9-12,14H2,1-2H3/t20-/m0/s1. The van der Waals surface area contributed by atoms with Crippen molar-refractivity contribution in [2.24, 2.45) is 0 Å². The van der Waals surface area contributed by atoms with Crippen LogP contribution in [-0.2, 0) is 17.8 Å². The van der Waals surface area contributed by atoms with E-state index in [0.29, 0.717) is 24.1 Å². The lowest BCUT2D eigenvalue weighted by molar-refractivity contribution is -0.133. The van der Waals surface area contributed by atoms with E-state index < -0.39 is 6.04 Å². The average Bonchev–Trinajstić information content (AvgIpc) is 3.43. The number of aromatic nitrogens is 1. The van der Waals surface area contributed by atoms with E-state index in [0.717, 1.165) is 37.2 Å². The van der Waals surface area contributed by atoms with Crippen molar-refractivity contribution in [3.8, 4) is 11.5 Å². The van der Waals surface area contributed by atoms with E-state index in [-0.39, 0.29) is 29.6 Å². The lowest BCUT2D eigenvalue weighted by Crippen LogP contribution is -2.38. The van der Waals surface area contributed by atoms with Crippen LogP contribution in [0.1, 0.15) is 53.8 Å². The summed E-state index contributed by atoms with van der Waals surface area (Å²) in [6.07, 6.45) is 3.05. The molecule has 1 saturated heterocycles. The molecular weight excluding hydrogens is 384 g/mol. The molecule has 2 aliphatic rings. The van der Waals surface area contributed by atoms with Gasteiger partial charge in [0.05, 0.1) is 7.11 Å². The third-order valence-electron chi connectivity index (χ3n) is 5.91. The minimum atomic E-state index is -0.562. The summed E-state index contributed by atoms with van der Waals surface area (Å²) in [5.74, 6) is 0.664. The van der Waals surface area contributed by atoms with Gasteiger partial charge in [0, 0.05) is 24.3 Å². The van der Waals surface area contributed by atoms with Crippen LogP contribution in [0.15, 0.2) is 35.1 Å². The van der Waals surface area contributed by atoms with Crippen molar-refractivity contribution in [1.29, 1.82) is 0 Å². The van der Waals surface area contributed by atoms with Crippen molar-refractivity contribution < 1.29 is 19.1 Å². The number of benzene rings is 1. The van der Waals surface area contributed by atoms with Crippen LogP contribution in [0.5, 0.6) is 11.5 Å². The molecular formula is C23H26N2O5. The Morgan fingerprint density at radius 3 is 2.47 bits per heavy atom. The SMILES string of the molecule is COc1ccc(COc2cc(C(C)=O)c3n(c2=O)[C@H](C(=O)N2CCCC2)CC3)cc1. The number of carbonyl (C=O) groups excluding carboxylic acids is 2. The zero-order valence-electron chi connectivity index (χ0n) is 17.3. The largest absolute Gasteiger partial charge is 0.497 e. The molecule has 158 valence electrons. The molecule has 7 nitrogen and oxygen atoms in total. The normalized spacial score (nSPS) is 17.7. The Morgan fingerprint density at radius 2 is 1.83 bits per heavy atom. The van der Waals surface area contributed by atoms with Gasteiger partial charge < -0.3 is 14.4 Å². The van der Waals surface area contributed by atoms with Gasteiger partial charge in [-0.3, -0.25) is 19.0 Å². The van der Waals surface area contributed by atoms with Gasteiger partial charge in [0.2, 0.25) is 5.91 Å². The fourth-order valence-electron chi connectivity index (χ4n) is 4.31. The Bertz CT molecular complexity index is 1020. The van der Waals surface area contributed by atoms with Crippen LogP contribution in [0.2, 0.25) is 0 Å². The van der Waals surface area contributed by atoms with Gasteiger partial charge in [0.1, 0.15) is 18.4 Å². The molecule has 7 heteroatoms. The Balaban J connectivity index is 1.65. The van der Waals surface area contributed by atoms with Gasteiger partial charge in [-0.15, -0.1) is 0 Å². The van der Waals surface area contributed by atoms with Crippen molar-refractivity contribution in [2.45, 2.75) is 45.3 Å². The first-order chi connectivity index (χ1) is 14.5. The number of amides is 1. The van der Waals surface area contributed by atoms with Crippen molar-refractivity contribution >= 4 is 11.7 Å². The zero-order chi connectivity index (χ0) is 21.3. The molecule has 0 unspecified atom stereocenters. The molecule has 0 bridgehead atoms. The van der Waals surface area contributed by atoms with E-state index >= 15 is 0 Å². The maximum Gasteiger partial charge on any atom is 0.293 e. The highest BCUT2D eigenvalue weighted by Crippen LogP contribution is 2.31. The van der Waals surface area contributed by atoms with Gasteiger partial charge in [-0.1, -0.05) is 12.1 Å². The molecule has 1 aromatic carbocycles. The Morgan fingerprint density at radius 1 is 1.13 bits per heavy atom. The lowest BCUT2D eigenvalue weighted by Gasteiger charge is -2.22. The summed E-state index contributed by atoms with van der Waals surface area (Å²) in [5.41, 5.74) is 1.62. The molecule has 1 fully saturated rings. The number of fused-ring (bicyclic) bond motifs is 1. The molecule has 0 aliphatic carbocycles. The number of likely N-dealkylation sites (tertiary alicyclic amines) is 1. The second-order valence-corrected chi connectivity index (χ2v) is 7.82. The van der Waals surface area contributed by atoms with Gasteiger partial charge in [0.25, 0.3) is 5.56 Å². The topological polar surface area (TPSA) is 77.8 Å². The minimum Gasteiger partial charge on any atom is -0.497 e. The molecule has 0 spiro atoms. The zero-order valence-corrected chi connectivity index (χ0v) is 17.3. The van der Waals surface area contributed by atoms with Crippen LogP contribution in [0, 0.1) is 0 Å². The van der Waals surface area contributed by atoms with E-state index in [1.165, 1.54) is 17.6 Å². The summed E-state index contributed by atoms with van der Waals surface area (Å²) in [7, 11) is 1.60. The van der Waals surface area contributed by atoms with Crippen molar-refractivity contribution in [1.82, 2.24) is 9.47 Å². The van der Waals surface area contributed by atoms with Crippen LogP contribution in [0.25, 0.3) is 0 Å². The molecule has 0 radical (unpaired) electrons. The van der Waals surface area contributed by atoms with Crippen LogP contribution in [0.3, 0.4) is 0 Å². The minimum absolute atomic E-state index is 0.0323. The summed E-state index contributed by atoms with van der Waals surface area (Å²) in [5, 5.41) is 0. The third-order valence-corrected chi connectivity index (χ3v) is 5.91. The van der Waals surface area contributed by atoms with Crippen LogP contribution >= 0.6 is 0 Å². The Hall–Kier alpha value is -3.09. The number of pyridine rings is 1. The van der Waals surface area contributed by atoms with E-state index in [1.54, 1.807) is 7.11 Å². The fourth-order valence-corrected chi connectivity index (χ4v) is 4.31. The third kappa shape index (κ3) is 3.72. The van der Waals surface area contributed by atoms with E-state index in [9.17, 15) is 14.4 Å². The second kappa shape index (κ2) is 8.34. The van der Waals surface area contributed by atoms with Gasteiger partial charge in [-0.2, -0.15) is 0 Å². The highest BCUT2D eigenvalue weighted by atomic mass is 16.5. The van der Waals surface area contributed by atoms with Gasteiger partial charge >= 0.3 is 0 Å². The highest BCUT2D eigenvalue weighted by molar-refractivity contribution is 5.96. The molecule has 30 heavy (non-hydrogen) atoms. The monoisotopic (exact) mass is 410 g/mol. The molecule has 4 rings (SSSR count). The number of nitrogens with zero attached hydrogens (tertiary/aromatic N) is 2.